The molecular weight excluding hydrogens is 310 g/mol. The Morgan fingerprint density at radius 1 is 1.43 bits per heavy atom. The van der Waals surface area contributed by atoms with Crippen LogP contribution in [-0.2, 0) is 30.2 Å². The Kier molecular flexibility index (Phi) is 4.07. The summed E-state index contributed by atoms with van der Waals surface area (Å²) in [6.45, 7) is 0.815. The lowest BCUT2D eigenvalue weighted by Crippen LogP contribution is -2.23. The highest BCUT2D eigenvalue weighted by Crippen LogP contribution is 2.23. The van der Waals surface area contributed by atoms with Gasteiger partial charge in [0.15, 0.2) is 5.82 Å². The molecule has 1 saturated carbocycles. The predicted octanol–water partition coefficient (Wildman–Crippen LogP) is 0.607. The van der Waals surface area contributed by atoms with Crippen molar-refractivity contribution in [3.63, 3.8) is 0 Å². The molecule has 0 atom stereocenters. The average Bonchev–Trinajstić information content (AvgIpc) is 2.97. The van der Waals surface area contributed by atoms with Gasteiger partial charge in [0, 0.05) is 19.6 Å². The molecule has 0 unspecified atom stereocenters. The Morgan fingerprint density at radius 3 is 2.90 bits per heavy atom. The van der Waals surface area contributed by atoms with Gasteiger partial charge in [0.1, 0.15) is 10.5 Å². The molecule has 2 N–H and O–H groups in total. The third-order valence-electron chi connectivity index (χ3n) is 3.13. The van der Waals surface area contributed by atoms with Crippen molar-refractivity contribution in [3.8, 4) is 0 Å². The van der Waals surface area contributed by atoms with Gasteiger partial charge in [-0.1, -0.05) is 0 Å². The van der Waals surface area contributed by atoms with Crippen LogP contribution in [-0.4, -0.2) is 29.2 Å². The molecule has 21 heavy (non-hydrogen) atoms. The van der Waals surface area contributed by atoms with Crippen LogP contribution in [0.25, 0.3) is 0 Å². The monoisotopic (exact) mass is 327 g/mol. The molecule has 7 nitrogen and oxygen atoms in total. The first-order chi connectivity index (χ1) is 10.0. The summed E-state index contributed by atoms with van der Waals surface area (Å²) in [6, 6.07) is 2.33. The Hall–Kier alpha value is -1.29. The maximum atomic E-state index is 12.2. The third-order valence-corrected chi connectivity index (χ3v) is 6.02. The summed E-state index contributed by atoms with van der Waals surface area (Å²) in [7, 11) is -1.76. The number of thiophene rings is 1. The Bertz CT molecular complexity index is 718. The molecule has 0 aromatic carbocycles. The zero-order valence-corrected chi connectivity index (χ0v) is 13.2. The summed E-state index contributed by atoms with van der Waals surface area (Å²) in [5.41, 5.74) is 1.00. The van der Waals surface area contributed by atoms with E-state index in [2.05, 4.69) is 20.1 Å². The molecule has 0 amide bonds. The molecule has 9 heteroatoms. The number of hydrogen-bond acceptors (Lipinski definition) is 6. The van der Waals surface area contributed by atoms with Crippen LogP contribution in [0.2, 0.25) is 0 Å². The van der Waals surface area contributed by atoms with Gasteiger partial charge in [-0.3, -0.25) is 4.68 Å². The van der Waals surface area contributed by atoms with Crippen molar-refractivity contribution >= 4 is 21.4 Å². The lowest BCUT2D eigenvalue weighted by atomic mass is 10.3. The molecule has 2 aromatic rings. The first kappa shape index (κ1) is 14.6. The largest absolute Gasteiger partial charge is 0.310 e. The summed E-state index contributed by atoms with van der Waals surface area (Å²) < 4.78 is 28.8. The first-order valence-electron chi connectivity index (χ1n) is 6.68. The molecule has 2 heterocycles. The van der Waals surface area contributed by atoms with E-state index < -0.39 is 10.0 Å². The van der Waals surface area contributed by atoms with Gasteiger partial charge in [0.05, 0.1) is 6.54 Å². The van der Waals surface area contributed by atoms with Crippen molar-refractivity contribution < 1.29 is 8.42 Å². The second kappa shape index (κ2) is 5.84. The maximum absolute atomic E-state index is 12.2. The van der Waals surface area contributed by atoms with Crippen LogP contribution in [0.3, 0.4) is 0 Å². The van der Waals surface area contributed by atoms with Crippen LogP contribution in [0.5, 0.6) is 0 Å². The molecule has 0 spiro atoms. The molecule has 1 fully saturated rings. The fourth-order valence-electron chi connectivity index (χ4n) is 1.83. The van der Waals surface area contributed by atoms with Crippen LogP contribution in [0.4, 0.5) is 0 Å². The van der Waals surface area contributed by atoms with E-state index in [-0.39, 0.29) is 6.54 Å². The summed E-state index contributed by atoms with van der Waals surface area (Å²) >= 11 is 1.23. The van der Waals surface area contributed by atoms with E-state index >= 15 is 0 Å². The normalized spacial score (nSPS) is 15.5. The molecular formula is C12H17N5O2S2. The van der Waals surface area contributed by atoms with Gasteiger partial charge < -0.3 is 5.32 Å². The van der Waals surface area contributed by atoms with Crippen molar-refractivity contribution in [3.05, 3.63) is 29.2 Å². The van der Waals surface area contributed by atoms with Gasteiger partial charge in [0.2, 0.25) is 10.0 Å². The van der Waals surface area contributed by atoms with E-state index in [1.54, 1.807) is 13.1 Å². The van der Waals surface area contributed by atoms with Gasteiger partial charge in [-0.25, -0.2) is 18.1 Å². The summed E-state index contributed by atoms with van der Waals surface area (Å²) in [6.07, 6.45) is 3.97. The zero-order valence-electron chi connectivity index (χ0n) is 11.6. The minimum atomic E-state index is -3.50. The SMILES string of the molecule is Cn1cnc(CNS(=O)(=O)c2cc(CNC3CC3)cs2)n1. The molecule has 114 valence electrons. The molecule has 0 saturated heterocycles. The van der Waals surface area contributed by atoms with Crippen molar-refractivity contribution in [2.45, 2.75) is 36.2 Å². The minimum Gasteiger partial charge on any atom is -0.310 e. The van der Waals surface area contributed by atoms with Gasteiger partial charge in [-0.2, -0.15) is 5.10 Å². The Morgan fingerprint density at radius 2 is 2.24 bits per heavy atom. The number of sulfonamides is 1. The summed E-state index contributed by atoms with van der Waals surface area (Å²) in [4.78, 5) is 3.99. The fourth-order valence-corrected chi connectivity index (χ4v) is 4.07. The second-order valence-corrected chi connectivity index (χ2v) is 7.99. The van der Waals surface area contributed by atoms with Crippen LogP contribution in [0.15, 0.2) is 22.0 Å². The summed E-state index contributed by atoms with van der Waals surface area (Å²) in [5.74, 6) is 0.452. The number of nitrogens with one attached hydrogen (secondary N) is 2. The number of nitrogens with zero attached hydrogens (tertiary/aromatic N) is 3. The number of rotatable bonds is 7. The summed E-state index contributed by atoms with van der Waals surface area (Å²) in [5, 5.41) is 9.29. The van der Waals surface area contributed by atoms with E-state index in [0.717, 1.165) is 12.1 Å². The minimum absolute atomic E-state index is 0.0940. The van der Waals surface area contributed by atoms with E-state index in [9.17, 15) is 8.42 Å². The van der Waals surface area contributed by atoms with Crippen LogP contribution in [0, 0.1) is 0 Å². The average molecular weight is 327 g/mol. The second-order valence-electron chi connectivity index (χ2n) is 5.09. The predicted molar refractivity (Wildman–Crippen MR) is 79.2 cm³/mol. The first-order valence-corrected chi connectivity index (χ1v) is 9.04. The van der Waals surface area contributed by atoms with E-state index in [0.29, 0.717) is 16.1 Å². The van der Waals surface area contributed by atoms with Gasteiger partial charge in [-0.15, -0.1) is 11.3 Å². The van der Waals surface area contributed by atoms with Crippen LogP contribution >= 0.6 is 11.3 Å². The van der Waals surface area contributed by atoms with E-state index in [4.69, 9.17) is 0 Å². The van der Waals surface area contributed by atoms with Crippen LogP contribution < -0.4 is 10.0 Å². The molecule has 0 bridgehead atoms. The Labute approximate surface area is 127 Å². The highest BCUT2D eigenvalue weighted by atomic mass is 32.2. The topological polar surface area (TPSA) is 88.9 Å². The maximum Gasteiger partial charge on any atom is 0.250 e. The third kappa shape index (κ3) is 3.88. The number of aryl methyl sites for hydroxylation is 1. The van der Waals surface area contributed by atoms with Crippen molar-refractivity contribution in [1.82, 2.24) is 24.8 Å². The smallest absolute Gasteiger partial charge is 0.250 e. The molecule has 0 radical (unpaired) electrons. The quantitative estimate of drug-likeness (QED) is 0.778. The number of hydrogen-bond donors (Lipinski definition) is 2. The van der Waals surface area contributed by atoms with Crippen molar-refractivity contribution in [2.24, 2.45) is 7.05 Å². The lowest BCUT2D eigenvalue weighted by molar-refractivity contribution is 0.580. The molecule has 1 aliphatic rings. The van der Waals surface area contributed by atoms with Gasteiger partial charge in [-0.05, 0) is 29.9 Å². The van der Waals surface area contributed by atoms with Crippen LogP contribution in [0.1, 0.15) is 24.2 Å². The highest BCUT2D eigenvalue weighted by Gasteiger charge is 2.21. The van der Waals surface area contributed by atoms with Gasteiger partial charge >= 0.3 is 0 Å². The van der Waals surface area contributed by atoms with Gasteiger partial charge in [0.25, 0.3) is 0 Å². The lowest BCUT2D eigenvalue weighted by Gasteiger charge is -2.02. The molecule has 1 aliphatic carbocycles. The standard InChI is InChI=1S/C12H17N5O2S2/c1-17-8-14-11(16-17)6-15-21(18,19)12-4-9(7-20-12)5-13-10-2-3-10/h4,7-8,10,13,15H,2-3,5-6H2,1H3. The fraction of sp³-hybridized carbons (Fsp3) is 0.500. The number of aromatic nitrogens is 3. The van der Waals surface area contributed by atoms with Crippen molar-refractivity contribution in [2.75, 3.05) is 0 Å². The molecule has 0 aliphatic heterocycles. The molecule has 2 aromatic heterocycles. The van der Waals surface area contributed by atoms with Crippen molar-refractivity contribution in [1.29, 1.82) is 0 Å². The van der Waals surface area contributed by atoms with E-state index in [1.807, 2.05) is 5.38 Å². The Balaban J connectivity index is 1.60. The molecule has 3 rings (SSSR count). The zero-order chi connectivity index (χ0) is 14.9. The highest BCUT2D eigenvalue weighted by molar-refractivity contribution is 7.91. The van der Waals surface area contributed by atoms with E-state index in [1.165, 1.54) is 35.2 Å².